The lowest BCUT2D eigenvalue weighted by Crippen LogP contribution is -2.44. The van der Waals surface area contributed by atoms with E-state index in [1.807, 2.05) is 6.07 Å². The molecule has 6 rings (SSSR count). The van der Waals surface area contributed by atoms with E-state index in [2.05, 4.69) is 24.0 Å². The van der Waals surface area contributed by atoms with E-state index in [1.54, 1.807) is 0 Å². The molecule has 5 aliphatic rings. The summed E-state index contributed by atoms with van der Waals surface area (Å²) >= 11 is 6.29. The molecule has 5 heteroatoms. The zero-order valence-corrected chi connectivity index (χ0v) is 21.2. The second-order valence-corrected chi connectivity index (χ2v) is 12.7. The van der Waals surface area contributed by atoms with Crippen LogP contribution < -0.4 is 0 Å². The second-order valence-electron chi connectivity index (χ2n) is 12.2. The minimum absolute atomic E-state index is 0.196. The van der Waals surface area contributed by atoms with Gasteiger partial charge >= 0.3 is 0 Å². The number of hydrogen-bond acceptors (Lipinski definition) is 3. The van der Waals surface area contributed by atoms with Crippen LogP contribution in [-0.4, -0.2) is 42.9 Å². The van der Waals surface area contributed by atoms with Crippen molar-refractivity contribution in [3.63, 3.8) is 0 Å². The van der Waals surface area contributed by atoms with Crippen LogP contribution in [-0.2, 0) is 20.7 Å². The van der Waals surface area contributed by atoms with E-state index in [1.165, 1.54) is 11.1 Å². The van der Waals surface area contributed by atoms with Crippen molar-refractivity contribution in [1.29, 1.82) is 0 Å². The number of amides is 1. The molecule has 4 fully saturated rings. The normalized spacial score (nSPS) is 36.3. The molecule has 2 saturated carbocycles. The molecule has 1 aromatic carbocycles. The molecule has 2 saturated heterocycles. The van der Waals surface area contributed by atoms with Crippen molar-refractivity contribution in [2.24, 2.45) is 28.6 Å². The first-order valence-corrected chi connectivity index (χ1v) is 13.9. The predicted molar refractivity (Wildman–Crippen MR) is 133 cm³/mol. The summed E-state index contributed by atoms with van der Waals surface area (Å²) in [5.41, 5.74) is 2.98. The first kappa shape index (κ1) is 23.0. The lowest BCUT2D eigenvalue weighted by Gasteiger charge is -2.50. The molecule has 3 aliphatic carbocycles. The number of ether oxygens (including phenoxy) is 1. The molecule has 184 valence electrons. The first-order valence-electron chi connectivity index (χ1n) is 13.6. The summed E-state index contributed by atoms with van der Waals surface area (Å²) in [5, 5.41) is 0.828. The lowest BCUT2D eigenvalue weighted by atomic mass is 9.54. The molecule has 0 radical (unpaired) electrons. The van der Waals surface area contributed by atoms with E-state index in [-0.39, 0.29) is 5.41 Å². The number of hydrogen-bond donors (Lipinski definition) is 0. The zero-order chi connectivity index (χ0) is 23.5. The third kappa shape index (κ3) is 3.75. The second kappa shape index (κ2) is 8.62. The average Bonchev–Trinajstić information content (AvgIpc) is 3.35. The number of ketones is 1. The minimum Gasteiger partial charge on any atom is -0.381 e. The maximum atomic E-state index is 13.3. The largest absolute Gasteiger partial charge is 0.381 e. The first-order chi connectivity index (χ1) is 16.4. The number of likely N-dealkylation sites (tertiary alicyclic amines) is 1. The molecular formula is C29H38ClNO3. The van der Waals surface area contributed by atoms with E-state index < -0.39 is 0 Å². The molecule has 5 atom stereocenters. The number of rotatable bonds is 3. The van der Waals surface area contributed by atoms with Crippen molar-refractivity contribution in [3.05, 3.63) is 34.3 Å². The maximum Gasteiger partial charge on any atom is 0.222 e. The van der Waals surface area contributed by atoms with Gasteiger partial charge in [-0.3, -0.25) is 9.59 Å². The van der Waals surface area contributed by atoms with E-state index in [0.717, 1.165) is 82.7 Å². The van der Waals surface area contributed by atoms with Crippen LogP contribution in [0, 0.1) is 28.6 Å². The number of aryl methyl sites for hydroxylation is 1. The summed E-state index contributed by atoms with van der Waals surface area (Å²) < 4.78 is 5.57. The fourth-order valence-electron chi connectivity index (χ4n) is 8.70. The van der Waals surface area contributed by atoms with Crippen LogP contribution in [0.25, 0.3) is 0 Å². The number of carbonyl (C=O) groups excluding carboxylic acids is 2. The molecule has 1 amide bonds. The molecule has 0 aromatic heterocycles. The lowest BCUT2D eigenvalue weighted by molar-refractivity contribution is -0.131. The van der Waals surface area contributed by atoms with Crippen molar-refractivity contribution in [3.8, 4) is 0 Å². The van der Waals surface area contributed by atoms with Crippen LogP contribution >= 0.6 is 11.6 Å². The molecule has 3 unspecified atom stereocenters. The molecule has 2 heterocycles. The fraction of sp³-hybridized carbons (Fsp3) is 0.724. The topological polar surface area (TPSA) is 46.6 Å². The third-order valence-corrected chi connectivity index (χ3v) is 10.8. The van der Waals surface area contributed by atoms with Crippen molar-refractivity contribution in [2.45, 2.75) is 77.0 Å². The highest BCUT2D eigenvalue weighted by Crippen LogP contribution is 2.62. The molecule has 1 aromatic rings. The molecule has 0 bridgehead atoms. The summed E-state index contributed by atoms with van der Waals surface area (Å²) in [7, 11) is 0. The molecule has 2 aliphatic heterocycles. The molecule has 4 nitrogen and oxygen atoms in total. The van der Waals surface area contributed by atoms with E-state index in [9.17, 15) is 9.59 Å². The van der Waals surface area contributed by atoms with Gasteiger partial charge in [-0.2, -0.15) is 0 Å². The summed E-state index contributed by atoms with van der Waals surface area (Å²) in [5.74, 6) is 2.61. The standard InChI is InChI=1S/C29H38ClNO3/c1-28-9-8-23-22-6-4-21(30)16-19(22)2-5-24(23)27(28)20(17-25(28)32)3-7-26(33)31-13-10-29(18-31)11-14-34-15-12-29/h4,6,16,20,23-24,27H,2-3,5,7-15,17-18H2,1H3/t20-,23?,24?,27?,28-/m1/s1. The van der Waals surface area contributed by atoms with Crippen molar-refractivity contribution >= 4 is 23.3 Å². The SMILES string of the molecule is C[C@]12CCC3c4ccc(Cl)cc4CCC3C1[C@H](CCC(=O)N1CCC3(CCOCC3)C1)CC2=O. The zero-order valence-electron chi connectivity index (χ0n) is 20.5. The number of Topliss-reactive ketones (excluding diaryl/α,β-unsaturated/α-hetero) is 1. The van der Waals surface area contributed by atoms with E-state index in [0.29, 0.717) is 53.6 Å². The molecule has 34 heavy (non-hydrogen) atoms. The van der Waals surface area contributed by atoms with Gasteiger partial charge in [0.2, 0.25) is 5.91 Å². The summed E-state index contributed by atoms with van der Waals surface area (Å²) in [4.78, 5) is 28.6. The van der Waals surface area contributed by atoms with Crippen molar-refractivity contribution < 1.29 is 14.3 Å². The van der Waals surface area contributed by atoms with Gasteiger partial charge in [0.25, 0.3) is 0 Å². The van der Waals surface area contributed by atoms with Gasteiger partial charge in [0.1, 0.15) is 5.78 Å². The quantitative estimate of drug-likeness (QED) is 0.545. The van der Waals surface area contributed by atoms with Crippen molar-refractivity contribution in [1.82, 2.24) is 4.90 Å². The van der Waals surface area contributed by atoms with Crippen molar-refractivity contribution in [2.75, 3.05) is 26.3 Å². The van der Waals surface area contributed by atoms with Crippen LogP contribution in [0.3, 0.4) is 0 Å². The van der Waals surface area contributed by atoms with Gasteiger partial charge in [0.05, 0.1) is 0 Å². The maximum absolute atomic E-state index is 13.3. The Morgan fingerprint density at radius 3 is 2.82 bits per heavy atom. The highest BCUT2D eigenvalue weighted by atomic mass is 35.5. The Labute approximate surface area is 208 Å². The van der Waals surface area contributed by atoms with E-state index >= 15 is 0 Å². The number of nitrogens with zero attached hydrogens (tertiary/aromatic N) is 1. The molecular weight excluding hydrogens is 446 g/mol. The summed E-state index contributed by atoms with van der Waals surface area (Å²) in [6.07, 6.45) is 9.73. The number of carbonyl (C=O) groups is 2. The minimum atomic E-state index is -0.196. The van der Waals surface area contributed by atoms with Gasteiger partial charge in [-0.15, -0.1) is 0 Å². The molecule has 1 spiro atoms. The highest BCUT2D eigenvalue weighted by Gasteiger charge is 2.58. The van der Waals surface area contributed by atoms with Gasteiger partial charge < -0.3 is 9.64 Å². The number of benzene rings is 1. The molecule has 0 N–H and O–H groups in total. The Kier molecular flexibility index (Phi) is 5.84. The predicted octanol–water partition coefficient (Wildman–Crippen LogP) is 5.80. The Morgan fingerprint density at radius 2 is 2.00 bits per heavy atom. The Bertz CT molecular complexity index is 986. The van der Waals surface area contributed by atoms with Crippen LogP contribution in [0.5, 0.6) is 0 Å². The average molecular weight is 484 g/mol. The van der Waals surface area contributed by atoms with Crippen LogP contribution in [0.15, 0.2) is 18.2 Å². The fourth-order valence-corrected chi connectivity index (χ4v) is 8.90. The van der Waals surface area contributed by atoms with Gasteiger partial charge in [-0.05, 0) is 104 Å². The highest BCUT2D eigenvalue weighted by molar-refractivity contribution is 6.30. The summed E-state index contributed by atoms with van der Waals surface area (Å²) in [6, 6.07) is 6.43. The van der Waals surface area contributed by atoms with E-state index in [4.69, 9.17) is 16.3 Å². The van der Waals surface area contributed by atoms with Crippen LogP contribution in [0.1, 0.15) is 81.8 Å². The third-order valence-electron chi connectivity index (χ3n) is 10.6. The van der Waals surface area contributed by atoms with Crippen LogP contribution in [0.2, 0.25) is 5.02 Å². The van der Waals surface area contributed by atoms with Crippen LogP contribution in [0.4, 0.5) is 0 Å². The number of halogens is 1. The smallest absolute Gasteiger partial charge is 0.222 e. The number of fused-ring (bicyclic) bond motifs is 5. The Morgan fingerprint density at radius 1 is 1.18 bits per heavy atom. The Balaban J connectivity index is 1.16. The van der Waals surface area contributed by atoms with Gasteiger partial charge in [-0.1, -0.05) is 24.6 Å². The van der Waals surface area contributed by atoms with Gasteiger partial charge in [-0.25, -0.2) is 0 Å². The monoisotopic (exact) mass is 483 g/mol. The van der Waals surface area contributed by atoms with Gasteiger partial charge in [0.15, 0.2) is 0 Å². The van der Waals surface area contributed by atoms with Gasteiger partial charge in [0, 0.05) is 49.6 Å². The Hall–Kier alpha value is -1.39. The summed E-state index contributed by atoms with van der Waals surface area (Å²) in [6.45, 7) is 5.72.